The molecule has 1 aromatic heterocycles. The molecule has 1 unspecified atom stereocenters. The summed E-state index contributed by atoms with van der Waals surface area (Å²) in [7, 11) is 0. The summed E-state index contributed by atoms with van der Waals surface area (Å²) in [4.78, 5) is 27.3. The molecule has 0 aliphatic carbocycles. The fraction of sp³-hybridized carbons (Fsp3) is 0.111. The first-order chi connectivity index (χ1) is 11.8. The van der Waals surface area contributed by atoms with E-state index in [-0.39, 0.29) is 16.3 Å². The Morgan fingerprint density at radius 2 is 1.88 bits per heavy atom. The van der Waals surface area contributed by atoms with Gasteiger partial charge in [-0.2, -0.15) is 0 Å². The maximum atomic E-state index is 13.7. The summed E-state index contributed by atoms with van der Waals surface area (Å²) >= 11 is 11.6. The number of aromatic nitrogens is 1. The van der Waals surface area contributed by atoms with Crippen LogP contribution in [0.25, 0.3) is 10.9 Å². The van der Waals surface area contributed by atoms with Crippen LogP contribution in [-0.2, 0) is 4.79 Å². The van der Waals surface area contributed by atoms with Crippen LogP contribution < -0.4 is 0 Å². The topological polar surface area (TPSA) is 70.2 Å². The molecule has 1 heterocycles. The Labute approximate surface area is 152 Å². The van der Waals surface area contributed by atoms with Crippen molar-refractivity contribution in [3.05, 3.63) is 69.1 Å². The molecule has 0 aliphatic heterocycles. The lowest BCUT2D eigenvalue weighted by molar-refractivity contribution is -0.138. The van der Waals surface area contributed by atoms with E-state index in [2.05, 4.69) is 4.98 Å². The monoisotopic (exact) mass is 379 g/mol. The largest absolute Gasteiger partial charge is 0.481 e. The molecule has 0 radical (unpaired) electrons. The van der Waals surface area contributed by atoms with Crippen LogP contribution in [0.1, 0.15) is 34.5 Å². The highest BCUT2D eigenvalue weighted by atomic mass is 35.5. The number of benzene rings is 2. The molecule has 0 saturated heterocycles. The molecule has 0 aliphatic rings. The molecule has 25 heavy (non-hydrogen) atoms. The molecular formula is C18H12Cl2FNO3. The van der Waals surface area contributed by atoms with Crippen molar-refractivity contribution in [1.82, 2.24) is 4.98 Å². The first-order valence-corrected chi connectivity index (χ1v) is 8.09. The van der Waals surface area contributed by atoms with Crippen LogP contribution in [0.15, 0.2) is 36.4 Å². The summed E-state index contributed by atoms with van der Waals surface area (Å²) < 4.78 is 13.7. The number of halogens is 3. The maximum absolute atomic E-state index is 13.7. The number of aromatic amines is 1. The molecule has 4 nitrogen and oxygen atoms in total. The van der Waals surface area contributed by atoms with Gasteiger partial charge in [0, 0.05) is 27.1 Å². The molecule has 2 N–H and O–H groups in total. The minimum Gasteiger partial charge on any atom is -0.481 e. The van der Waals surface area contributed by atoms with Crippen molar-refractivity contribution in [2.24, 2.45) is 0 Å². The highest BCUT2D eigenvalue weighted by Crippen LogP contribution is 2.33. The lowest BCUT2D eigenvalue weighted by atomic mass is 9.94. The van der Waals surface area contributed by atoms with E-state index in [1.54, 1.807) is 18.2 Å². The first-order valence-electron chi connectivity index (χ1n) is 7.33. The number of carboxylic acids is 1. The number of nitrogens with one attached hydrogen (secondary N) is 1. The number of fused-ring (bicyclic) bond motifs is 1. The Balaban J connectivity index is 2.23. The van der Waals surface area contributed by atoms with Gasteiger partial charge in [-0.05, 0) is 37.3 Å². The van der Waals surface area contributed by atoms with Gasteiger partial charge in [0.15, 0.2) is 0 Å². The number of carbonyl (C=O) groups is 2. The van der Waals surface area contributed by atoms with Gasteiger partial charge in [0.05, 0.1) is 16.6 Å². The highest BCUT2D eigenvalue weighted by Gasteiger charge is 2.27. The van der Waals surface area contributed by atoms with Crippen LogP contribution >= 0.6 is 23.2 Å². The second-order valence-corrected chi connectivity index (χ2v) is 6.47. The average Bonchev–Trinajstić information content (AvgIpc) is 2.94. The fourth-order valence-electron chi connectivity index (χ4n) is 2.73. The summed E-state index contributed by atoms with van der Waals surface area (Å²) in [6.07, 6.45) is 0. The van der Waals surface area contributed by atoms with Crippen molar-refractivity contribution >= 4 is 45.9 Å². The van der Waals surface area contributed by atoms with Gasteiger partial charge >= 0.3 is 5.97 Å². The van der Waals surface area contributed by atoms with Crippen LogP contribution in [0.4, 0.5) is 4.39 Å². The molecule has 7 heteroatoms. The van der Waals surface area contributed by atoms with Gasteiger partial charge in [0.25, 0.3) is 0 Å². The number of hydrogen-bond acceptors (Lipinski definition) is 2. The van der Waals surface area contributed by atoms with E-state index in [0.29, 0.717) is 21.5 Å². The fourth-order valence-corrected chi connectivity index (χ4v) is 3.02. The van der Waals surface area contributed by atoms with Gasteiger partial charge in [-0.1, -0.05) is 29.3 Å². The number of carbonyl (C=O) groups excluding carboxylic acids is 1. The number of aliphatic carboxylic acids is 1. The highest BCUT2D eigenvalue weighted by molar-refractivity contribution is 6.31. The molecule has 2 aromatic carbocycles. The van der Waals surface area contributed by atoms with Crippen LogP contribution in [0.5, 0.6) is 0 Å². The Morgan fingerprint density at radius 3 is 2.52 bits per heavy atom. The van der Waals surface area contributed by atoms with Crippen LogP contribution in [0.3, 0.4) is 0 Å². The Bertz CT molecular complexity index is 1010. The standard InChI is InChI=1S/C18H12Cl2FNO3/c1-8(18(24)25)15-11-4-3-10(19)7-14(11)22-16(15)17(23)9-2-5-12(20)13(21)6-9/h2-8,22H,1H3,(H,24,25). The molecule has 128 valence electrons. The van der Waals surface area contributed by atoms with E-state index >= 15 is 0 Å². The zero-order chi connectivity index (χ0) is 18.3. The number of rotatable bonds is 4. The maximum Gasteiger partial charge on any atom is 0.310 e. The zero-order valence-corrected chi connectivity index (χ0v) is 14.5. The minimum atomic E-state index is -1.08. The predicted molar refractivity (Wildman–Crippen MR) is 94.2 cm³/mol. The second kappa shape index (κ2) is 6.50. The van der Waals surface area contributed by atoms with Gasteiger partial charge in [-0.15, -0.1) is 0 Å². The summed E-state index contributed by atoms with van der Waals surface area (Å²) in [6.45, 7) is 1.48. The van der Waals surface area contributed by atoms with Crippen molar-refractivity contribution in [3.8, 4) is 0 Å². The number of carboxylic acid groups (broad SMARTS) is 1. The number of H-pyrrole nitrogens is 1. The predicted octanol–water partition coefficient (Wildman–Crippen LogP) is 5.03. The van der Waals surface area contributed by atoms with E-state index in [4.69, 9.17) is 23.2 Å². The van der Waals surface area contributed by atoms with Gasteiger partial charge in [-0.25, -0.2) is 4.39 Å². The minimum absolute atomic E-state index is 0.0680. The molecule has 0 bridgehead atoms. The van der Waals surface area contributed by atoms with Gasteiger partial charge < -0.3 is 10.1 Å². The van der Waals surface area contributed by atoms with Gasteiger partial charge in [-0.3, -0.25) is 9.59 Å². The lowest BCUT2D eigenvalue weighted by Crippen LogP contribution is -2.13. The van der Waals surface area contributed by atoms with Crippen molar-refractivity contribution in [1.29, 1.82) is 0 Å². The summed E-state index contributed by atoms with van der Waals surface area (Å²) in [5.74, 6) is -3.26. The molecule has 1 atom stereocenters. The first kappa shape index (κ1) is 17.5. The van der Waals surface area contributed by atoms with Crippen LogP contribution in [0, 0.1) is 5.82 Å². The lowest BCUT2D eigenvalue weighted by Gasteiger charge is -2.09. The third kappa shape index (κ3) is 3.13. The van der Waals surface area contributed by atoms with Crippen LogP contribution in [-0.4, -0.2) is 21.8 Å². The third-order valence-electron chi connectivity index (χ3n) is 4.01. The van der Waals surface area contributed by atoms with E-state index in [9.17, 15) is 19.1 Å². The molecule has 3 rings (SSSR count). The van der Waals surface area contributed by atoms with Gasteiger partial charge in [0.2, 0.25) is 5.78 Å². The molecule has 3 aromatic rings. The third-order valence-corrected chi connectivity index (χ3v) is 4.55. The quantitative estimate of drug-likeness (QED) is 0.624. The molecular weight excluding hydrogens is 368 g/mol. The van der Waals surface area contributed by atoms with Crippen molar-refractivity contribution in [2.75, 3.05) is 0 Å². The van der Waals surface area contributed by atoms with E-state index in [0.717, 1.165) is 6.07 Å². The Kier molecular flexibility index (Phi) is 4.54. The molecule has 0 spiro atoms. The Morgan fingerprint density at radius 1 is 1.16 bits per heavy atom. The van der Waals surface area contributed by atoms with Crippen molar-refractivity contribution in [2.45, 2.75) is 12.8 Å². The van der Waals surface area contributed by atoms with E-state index in [1.807, 2.05) is 0 Å². The smallest absolute Gasteiger partial charge is 0.310 e. The molecule has 0 fully saturated rings. The van der Waals surface area contributed by atoms with E-state index < -0.39 is 23.5 Å². The van der Waals surface area contributed by atoms with E-state index in [1.165, 1.54) is 19.1 Å². The normalized spacial score (nSPS) is 12.3. The number of hydrogen-bond donors (Lipinski definition) is 2. The van der Waals surface area contributed by atoms with Crippen LogP contribution in [0.2, 0.25) is 10.0 Å². The Hall–Kier alpha value is -2.37. The molecule has 0 saturated carbocycles. The molecule has 0 amide bonds. The average molecular weight is 380 g/mol. The summed E-state index contributed by atoms with van der Waals surface area (Å²) in [6, 6.07) is 8.58. The van der Waals surface area contributed by atoms with Crippen molar-refractivity contribution in [3.63, 3.8) is 0 Å². The number of ketones is 1. The summed E-state index contributed by atoms with van der Waals surface area (Å²) in [5, 5.41) is 10.3. The van der Waals surface area contributed by atoms with Gasteiger partial charge in [0.1, 0.15) is 5.82 Å². The SMILES string of the molecule is CC(C(=O)O)c1c(C(=O)c2ccc(Cl)c(F)c2)[nH]c2cc(Cl)ccc12. The second-order valence-electron chi connectivity index (χ2n) is 5.62. The van der Waals surface area contributed by atoms with Crippen molar-refractivity contribution < 1.29 is 19.1 Å². The zero-order valence-electron chi connectivity index (χ0n) is 12.9. The summed E-state index contributed by atoms with van der Waals surface area (Å²) in [5.41, 5.74) is 1.03.